The van der Waals surface area contributed by atoms with Crippen molar-refractivity contribution in [2.45, 2.75) is 52.1 Å². The number of para-hydroxylation sites is 1. The Balaban J connectivity index is 2.86. The second-order valence-corrected chi connectivity index (χ2v) is 5.81. The van der Waals surface area contributed by atoms with Crippen molar-refractivity contribution in [1.29, 1.82) is 0 Å². The van der Waals surface area contributed by atoms with E-state index >= 15 is 0 Å². The normalized spacial score (nSPS) is 11.7. The molecule has 0 fully saturated rings. The summed E-state index contributed by atoms with van der Waals surface area (Å²) in [6.07, 6.45) is 1.90. The van der Waals surface area contributed by atoms with E-state index in [0.717, 1.165) is 6.42 Å². The molecule has 1 rings (SSSR count). The second kappa shape index (κ2) is 9.54. The molecule has 24 heavy (non-hydrogen) atoms. The SMILES string of the molecule is CCCC[C@H](NC(=O)c1ccccc1NC(=O)NC(C)C)C(=O)O. The molecule has 7 heteroatoms. The minimum absolute atomic E-state index is 0.0450. The number of anilines is 1. The van der Waals surface area contributed by atoms with Crippen LogP contribution in [0.5, 0.6) is 0 Å². The predicted octanol–water partition coefficient (Wildman–Crippen LogP) is 2.59. The molecule has 3 amide bonds. The average molecular weight is 335 g/mol. The lowest BCUT2D eigenvalue weighted by Crippen LogP contribution is -2.41. The fraction of sp³-hybridized carbons (Fsp3) is 0.471. The Hall–Kier alpha value is -2.57. The van der Waals surface area contributed by atoms with Gasteiger partial charge in [-0.3, -0.25) is 4.79 Å². The first kappa shape index (κ1) is 19.5. The highest BCUT2D eigenvalue weighted by atomic mass is 16.4. The number of urea groups is 1. The van der Waals surface area contributed by atoms with Gasteiger partial charge in [-0.05, 0) is 32.4 Å². The van der Waals surface area contributed by atoms with E-state index in [1.807, 2.05) is 20.8 Å². The number of nitrogens with one attached hydrogen (secondary N) is 3. The first-order valence-electron chi connectivity index (χ1n) is 8.05. The number of carbonyl (C=O) groups is 3. The summed E-state index contributed by atoms with van der Waals surface area (Å²) in [7, 11) is 0. The minimum Gasteiger partial charge on any atom is -0.480 e. The maximum Gasteiger partial charge on any atom is 0.326 e. The number of aliphatic carboxylic acids is 1. The van der Waals surface area contributed by atoms with Crippen LogP contribution in [0.1, 0.15) is 50.4 Å². The molecule has 0 saturated carbocycles. The first-order valence-corrected chi connectivity index (χ1v) is 8.05. The van der Waals surface area contributed by atoms with E-state index < -0.39 is 23.9 Å². The standard InChI is InChI=1S/C17H25N3O4/c1-4-5-9-14(16(22)23)19-15(21)12-8-6-7-10-13(12)20-17(24)18-11(2)3/h6-8,10-11,14H,4-5,9H2,1-3H3,(H,19,21)(H,22,23)(H2,18,20,24)/t14-/m0/s1. The van der Waals surface area contributed by atoms with Crippen molar-refractivity contribution in [3.63, 3.8) is 0 Å². The van der Waals surface area contributed by atoms with Gasteiger partial charge in [0.15, 0.2) is 0 Å². The third-order valence-corrected chi connectivity index (χ3v) is 3.29. The van der Waals surface area contributed by atoms with Gasteiger partial charge in [0, 0.05) is 6.04 Å². The predicted molar refractivity (Wildman–Crippen MR) is 92.1 cm³/mol. The van der Waals surface area contributed by atoms with Crippen LogP contribution in [0, 0.1) is 0 Å². The van der Waals surface area contributed by atoms with E-state index in [9.17, 15) is 19.5 Å². The molecular weight excluding hydrogens is 310 g/mol. The fourth-order valence-corrected chi connectivity index (χ4v) is 2.11. The molecule has 0 heterocycles. The molecule has 0 aliphatic heterocycles. The first-order chi connectivity index (χ1) is 11.3. The van der Waals surface area contributed by atoms with Crippen LogP contribution in [0.2, 0.25) is 0 Å². The van der Waals surface area contributed by atoms with Gasteiger partial charge in [0.25, 0.3) is 5.91 Å². The Morgan fingerprint density at radius 3 is 2.38 bits per heavy atom. The molecule has 132 valence electrons. The van der Waals surface area contributed by atoms with Gasteiger partial charge in [-0.15, -0.1) is 0 Å². The minimum atomic E-state index is -1.07. The van der Waals surface area contributed by atoms with Gasteiger partial charge in [-0.25, -0.2) is 9.59 Å². The molecular formula is C17H25N3O4. The quantitative estimate of drug-likeness (QED) is 0.585. The summed E-state index contributed by atoms with van der Waals surface area (Å²) >= 11 is 0. The molecule has 0 aliphatic rings. The summed E-state index contributed by atoms with van der Waals surface area (Å²) in [6, 6.07) is 5.06. The van der Waals surface area contributed by atoms with E-state index in [4.69, 9.17) is 0 Å². The Labute approximate surface area is 141 Å². The van der Waals surface area contributed by atoms with Crippen molar-refractivity contribution in [3.8, 4) is 0 Å². The highest BCUT2D eigenvalue weighted by Gasteiger charge is 2.21. The summed E-state index contributed by atoms with van der Waals surface area (Å²) in [5, 5.41) is 17.0. The molecule has 1 atom stereocenters. The maximum atomic E-state index is 12.4. The fourth-order valence-electron chi connectivity index (χ4n) is 2.11. The van der Waals surface area contributed by atoms with E-state index in [1.165, 1.54) is 0 Å². The molecule has 0 unspecified atom stereocenters. The van der Waals surface area contributed by atoms with Crippen LogP contribution in [0.3, 0.4) is 0 Å². The van der Waals surface area contributed by atoms with Crippen LogP contribution in [-0.2, 0) is 4.79 Å². The van der Waals surface area contributed by atoms with E-state index in [-0.39, 0.29) is 11.6 Å². The van der Waals surface area contributed by atoms with Gasteiger partial charge in [-0.1, -0.05) is 31.9 Å². The lowest BCUT2D eigenvalue weighted by atomic mass is 10.1. The summed E-state index contributed by atoms with van der Waals surface area (Å²) in [4.78, 5) is 35.5. The lowest BCUT2D eigenvalue weighted by Gasteiger charge is -2.17. The van der Waals surface area contributed by atoms with Crippen molar-refractivity contribution in [1.82, 2.24) is 10.6 Å². The maximum absolute atomic E-state index is 12.4. The zero-order valence-electron chi connectivity index (χ0n) is 14.3. The molecule has 0 bridgehead atoms. The number of carboxylic acid groups (broad SMARTS) is 1. The third kappa shape index (κ3) is 6.28. The van der Waals surface area contributed by atoms with E-state index in [0.29, 0.717) is 18.5 Å². The number of amides is 3. The number of rotatable bonds is 8. The van der Waals surface area contributed by atoms with Crippen molar-refractivity contribution in [3.05, 3.63) is 29.8 Å². The van der Waals surface area contributed by atoms with E-state index in [2.05, 4.69) is 16.0 Å². The van der Waals surface area contributed by atoms with Crippen molar-refractivity contribution >= 4 is 23.6 Å². The number of hydrogen-bond acceptors (Lipinski definition) is 3. The van der Waals surface area contributed by atoms with Gasteiger partial charge in [0.2, 0.25) is 0 Å². The summed E-state index contributed by atoms with van der Waals surface area (Å²) < 4.78 is 0. The summed E-state index contributed by atoms with van der Waals surface area (Å²) in [5.74, 6) is -1.60. The molecule has 0 aliphatic carbocycles. The molecule has 0 spiro atoms. The highest BCUT2D eigenvalue weighted by Crippen LogP contribution is 2.15. The Bertz CT molecular complexity index is 587. The van der Waals surface area contributed by atoms with Gasteiger partial charge < -0.3 is 21.1 Å². The van der Waals surface area contributed by atoms with Gasteiger partial charge in [-0.2, -0.15) is 0 Å². The largest absolute Gasteiger partial charge is 0.480 e. The number of hydrogen-bond donors (Lipinski definition) is 4. The zero-order chi connectivity index (χ0) is 18.1. The summed E-state index contributed by atoms with van der Waals surface area (Å²) in [6.45, 7) is 5.60. The second-order valence-electron chi connectivity index (χ2n) is 5.81. The Kier molecular flexibility index (Phi) is 7.74. The number of unbranched alkanes of at least 4 members (excludes halogenated alkanes) is 1. The molecule has 0 radical (unpaired) electrons. The van der Waals surface area contributed by atoms with Crippen molar-refractivity contribution in [2.24, 2.45) is 0 Å². The zero-order valence-corrected chi connectivity index (χ0v) is 14.3. The van der Waals surface area contributed by atoms with Crippen LogP contribution in [0.25, 0.3) is 0 Å². The summed E-state index contributed by atoms with van der Waals surface area (Å²) in [5.41, 5.74) is 0.548. The van der Waals surface area contributed by atoms with Crippen LogP contribution in [-0.4, -0.2) is 35.1 Å². The third-order valence-electron chi connectivity index (χ3n) is 3.29. The molecule has 0 aromatic heterocycles. The topological polar surface area (TPSA) is 108 Å². The number of benzene rings is 1. The van der Waals surface area contributed by atoms with E-state index in [1.54, 1.807) is 24.3 Å². The smallest absolute Gasteiger partial charge is 0.326 e. The molecule has 0 saturated heterocycles. The molecule has 7 nitrogen and oxygen atoms in total. The Morgan fingerprint density at radius 1 is 1.12 bits per heavy atom. The lowest BCUT2D eigenvalue weighted by molar-refractivity contribution is -0.139. The molecule has 1 aromatic carbocycles. The van der Waals surface area contributed by atoms with Crippen LogP contribution < -0.4 is 16.0 Å². The Morgan fingerprint density at radius 2 is 1.79 bits per heavy atom. The van der Waals surface area contributed by atoms with Gasteiger partial charge >= 0.3 is 12.0 Å². The number of carboxylic acids is 1. The van der Waals surface area contributed by atoms with Gasteiger partial charge in [0.05, 0.1) is 11.3 Å². The monoisotopic (exact) mass is 335 g/mol. The molecule has 1 aromatic rings. The van der Waals surface area contributed by atoms with Crippen LogP contribution >= 0.6 is 0 Å². The van der Waals surface area contributed by atoms with Crippen molar-refractivity contribution in [2.75, 3.05) is 5.32 Å². The molecule has 4 N–H and O–H groups in total. The van der Waals surface area contributed by atoms with Crippen LogP contribution in [0.4, 0.5) is 10.5 Å². The number of carbonyl (C=O) groups excluding carboxylic acids is 2. The van der Waals surface area contributed by atoms with Crippen molar-refractivity contribution < 1.29 is 19.5 Å². The highest BCUT2D eigenvalue weighted by molar-refractivity contribution is 6.04. The van der Waals surface area contributed by atoms with Gasteiger partial charge in [0.1, 0.15) is 6.04 Å². The van der Waals surface area contributed by atoms with Crippen LogP contribution in [0.15, 0.2) is 24.3 Å². The average Bonchev–Trinajstić information content (AvgIpc) is 2.50.